The van der Waals surface area contributed by atoms with Crippen LogP contribution in [0.25, 0.3) is 22.6 Å². The number of carbonyl (C=O) groups excluding carboxylic acids is 1. The number of halogens is 2. The molecule has 0 radical (unpaired) electrons. The van der Waals surface area contributed by atoms with Gasteiger partial charge in [-0.25, -0.2) is 4.98 Å². The lowest BCUT2D eigenvalue weighted by Crippen LogP contribution is -2.11. The SMILES string of the molecule is CC(C)c1ccc(-c2nc3cc(NC(=O)c4ccc(Cl)c(Cl)c4)ccc3o2)cc1. The van der Waals surface area contributed by atoms with E-state index >= 15 is 0 Å². The lowest BCUT2D eigenvalue weighted by atomic mass is 10.0. The molecule has 1 aromatic heterocycles. The van der Waals surface area contributed by atoms with Crippen molar-refractivity contribution in [3.05, 3.63) is 81.8 Å². The van der Waals surface area contributed by atoms with Crippen molar-refractivity contribution < 1.29 is 9.21 Å². The maximum atomic E-state index is 12.5. The van der Waals surface area contributed by atoms with Gasteiger partial charge in [0.25, 0.3) is 5.91 Å². The van der Waals surface area contributed by atoms with Gasteiger partial charge in [0.1, 0.15) is 5.52 Å². The van der Waals surface area contributed by atoms with E-state index in [0.717, 1.165) is 5.56 Å². The monoisotopic (exact) mass is 424 g/mol. The number of hydrogen-bond acceptors (Lipinski definition) is 3. The third-order valence-corrected chi connectivity index (χ3v) is 5.39. The molecule has 6 heteroatoms. The van der Waals surface area contributed by atoms with Crippen molar-refractivity contribution in [1.82, 2.24) is 4.98 Å². The average Bonchev–Trinajstić information content (AvgIpc) is 3.13. The molecular weight excluding hydrogens is 407 g/mol. The molecule has 4 nitrogen and oxygen atoms in total. The summed E-state index contributed by atoms with van der Waals surface area (Å²) in [5, 5.41) is 3.58. The maximum absolute atomic E-state index is 12.5. The van der Waals surface area contributed by atoms with Crippen molar-refractivity contribution in [3.8, 4) is 11.5 Å². The first kappa shape index (κ1) is 19.5. The molecule has 0 unspecified atom stereocenters. The number of benzene rings is 3. The highest BCUT2D eigenvalue weighted by atomic mass is 35.5. The molecule has 0 aliphatic rings. The molecule has 4 aromatic rings. The van der Waals surface area contributed by atoms with E-state index in [1.54, 1.807) is 30.3 Å². The molecule has 0 saturated heterocycles. The van der Waals surface area contributed by atoms with Gasteiger partial charge in [0.05, 0.1) is 10.0 Å². The van der Waals surface area contributed by atoms with Crippen LogP contribution >= 0.6 is 23.2 Å². The van der Waals surface area contributed by atoms with Gasteiger partial charge in [-0.05, 0) is 60.0 Å². The second-order valence-electron chi connectivity index (χ2n) is 7.06. The summed E-state index contributed by atoms with van der Waals surface area (Å²) in [4.78, 5) is 17.0. The zero-order chi connectivity index (χ0) is 20.5. The Morgan fingerprint density at radius 1 is 0.966 bits per heavy atom. The Labute approximate surface area is 178 Å². The van der Waals surface area contributed by atoms with Crippen molar-refractivity contribution in [1.29, 1.82) is 0 Å². The van der Waals surface area contributed by atoms with Crippen LogP contribution in [-0.4, -0.2) is 10.9 Å². The number of oxazole rings is 1. The molecule has 1 amide bonds. The zero-order valence-corrected chi connectivity index (χ0v) is 17.4. The first-order chi connectivity index (χ1) is 13.9. The van der Waals surface area contributed by atoms with E-state index in [2.05, 4.69) is 36.3 Å². The summed E-state index contributed by atoms with van der Waals surface area (Å²) in [6.45, 7) is 4.31. The van der Waals surface area contributed by atoms with Crippen molar-refractivity contribution in [2.45, 2.75) is 19.8 Å². The van der Waals surface area contributed by atoms with Crippen LogP contribution in [0.3, 0.4) is 0 Å². The van der Waals surface area contributed by atoms with Crippen LogP contribution in [0, 0.1) is 0 Å². The Balaban J connectivity index is 1.58. The minimum absolute atomic E-state index is 0.282. The van der Waals surface area contributed by atoms with E-state index in [0.29, 0.717) is 44.2 Å². The number of fused-ring (bicyclic) bond motifs is 1. The molecule has 0 saturated carbocycles. The first-order valence-electron chi connectivity index (χ1n) is 9.18. The maximum Gasteiger partial charge on any atom is 0.255 e. The van der Waals surface area contributed by atoms with Crippen LogP contribution in [0.4, 0.5) is 5.69 Å². The number of anilines is 1. The minimum atomic E-state index is -0.282. The fraction of sp³-hybridized carbons (Fsp3) is 0.130. The molecule has 3 aromatic carbocycles. The van der Waals surface area contributed by atoms with E-state index in [9.17, 15) is 4.79 Å². The molecular formula is C23H18Cl2N2O2. The summed E-state index contributed by atoms with van der Waals surface area (Å²) in [5.41, 5.74) is 4.53. The van der Waals surface area contributed by atoms with E-state index in [4.69, 9.17) is 27.6 Å². The summed E-state index contributed by atoms with van der Waals surface area (Å²) in [7, 11) is 0. The molecule has 4 rings (SSSR count). The topological polar surface area (TPSA) is 55.1 Å². The predicted molar refractivity (Wildman–Crippen MR) is 118 cm³/mol. The lowest BCUT2D eigenvalue weighted by molar-refractivity contribution is 0.102. The Bertz CT molecular complexity index is 1200. The number of rotatable bonds is 4. The third-order valence-electron chi connectivity index (χ3n) is 4.65. The smallest absolute Gasteiger partial charge is 0.255 e. The van der Waals surface area contributed by atoms with Crippen molar-refractivity contribution >= 4 is 45.9 Å². The molecule has 1 heterocycles. The number of nitrogens with zero attached hydrogens (tertiary/aromatic N) is 1. The number of hydrogen-bond donors (Lipinski definition) is 1. The number of nitrogens with one attached hydrogen (secondary N) is 1. The van der Waals surface area contributed by atoms with Crippen LogP contribution in [0.2, 0.25) is 10.0 Å². The summed E-state index contributed by atoms with van der Waals surface area (Å²) in [5.74, 6) is 0.730. The highest BCUT2D eigenvalue weighted by Gasteiger charge is 2.12. The van der Waals surface area contributed by atoms with Gasteiger partial charge in [-0.3, -0.25) is 4.79 Å². The van der Waals surface area contributed by atoms with E-state index in [-0.39, 0.29) is 5.91 Å². The Hall–Kier alpha value is -2.82. The predicted octanol–water partition coefficient (Wildman–Crippen LogP) is 7.18. The number of aromatic nitrogens is 1. The fourth-order valence-corrected chi connectivity index (χ4v) is 3.28. The molecule has 29 heavy (non-hydrogen) atoms. The number of carbonyl (C=O) groups is 1. The Morgan fingerprint density at radius 2 is 1.72 bits per heavy atom. The third kappa shape index (κ3) is 4.14. The lowest BCUT2D eigenvalue weighted by Gasteiger charge is -2.06. The van der Waals surface area contributed by atoms with Crippen molar-refractivity contribution in [2.24, 2.45) is 0 Å². The van der Waals surface area contributed by atoms with Gasteiger partial charge < -0.3 is 9.73 Å². The van der Waals surface area contributed by atoms with E-state index in [1.165, 1.54) is 11.6 Å². The molecule has 0 bridgehead atoms. The summed E-state index contributed by atoms with van der Waals surface area (Å²) in [6, 6.07) is 18.3. The minimum Gasteiger partial charge on any atom is -0.436 e. The molecule has 0 fully saturated rings. The van der Waals surface area contributed by atoms with E-state index < -0.39 is 0 Å². The molecule has 146 valence electrons. The Morgan fingerprint density at radius 3 is 2.41 bits per heavy atom. The molecule has 0 aliphatic carbocycles. The normalized spacial score (nSPS) is 11.2. The second kappa shape index (κ2) is 7.90. The molecule has 1 N–H and O–H groups in total. The summed E-state index contributed by atoms with van der Waals surface area (Å²) >= 11 is 11.9. The van der Waals surface area contributed by atoms with Gasteiger partial charge in [-0.2, -0.15) is 0 Å². The zero-order valence-electron chi connectivity index (χ0n) is 15.9. The summed E-state index contributed by atoms with van der Waals surface area (Å²) in [6.07, 6.45) is 0. The van der Waals surface area contributed by atoms with Crippen LogP contribution < -0.4 is 5.32 Å². The van der Waals surface area contributed by atoms with Gasteiger partial charge in [0, 0.05) is 16.8 Å². The summed E-state index contributed by atoms with van der Waals surface area (Å²) < 4.78 is 5.87. The first-order valence-corrected chi connectivity index (χ1v) is 9.93. The van der Waals surface area contributed by atoms with E-state index in [1.807, 2.05) is 12.1 Å². The largest absolute Gasteiger partial charge is 0.436 e. The van der Waals surface area contributed by atoms with Crippen molar-refractivity contribution in [2.75, 3.05) is 5.32 Å². The molecule has 0 aliphatic heterocycles. The van der Waals surface area contributed by atoms with Crippen LogP contribution in [0.5, 0.6) is 0 Å². The number of amides is 1. The highest BCUT2D eigenvalue weighted by Crippen LogP contribution is 2.28. The van der Waals surface area contributed by atoms with Gasteiger partial charge in [0.15, 0.2) is 5.58 Å². The van der Waals surface area contributed by atoms with Gasteiger partial charge >= 0.3 is 0 Å². The van der Waals surface area contributed by atoms with Gasteiger partial charge in [-0.1, -0.05) is 49.2 Å². The quantitative estimate of drug-likeness (QED) is 0.377. The highest BCUT2D eigenvalue weighted by molar-refractivity contribution is 6.42. The molecule has 0 spiro atoms. The fourth-order valence-electron chi connectivity index (χ4n) is 2.98. The van der Waals surface area contributed by atoms with Crippen LogP contribution in [0.1, 0.15) is 35.7 Å². The molecule has 0 atom stereocenters. The van der Waals surface area contributed by atoms with Crippen molar-refractivity contribution in [3.63, 3.8) is 0 Å². The standard InChI is InChI=1S/C23H18Cl2N2O2/c1-13(2)14-3-5-15(6-4-14)23-27-20-12-17(8-10-21(20)29-23)26-22(28)16-7-9-18(24)19(25)11-16/h3-13H,1-2H3,(H,26,28). The van der Waals surface area contributed by atoms with Gasteiger partial charge in [0.2, 0.25) is 5.89 Å². The van der Waals surface area contributed by atoms with Crippen LogP contribution in [-0.2, 0) is 0 Å². The van der Waals surface area contributed by atoms with Crippen LogP contribution in [0.15, 0.2) is 65.1 Å². The van der Waals surface area contributed by atoms with Gasteiger partial charge in [-0.15, -0.1) is 0 Å². The average molecular weight is 425 g/mol. The second-order valence-corrected chi connectivity index (χ2v) is 7.88. The Kier molecular flexibility index (Phi) is 5.31.